The number of rotatable bonds is 5. The second-order valence-corrected chi connectivity index (χ2v) is 5.39. The lowest BCUT2D eigenvalue weighted by Crippen LogP contribution is -2.24. The van der Waals surface area contributed by atoms with E-state index in [9.17, 15) is 0 Å². The minimum absolute atomic E-state index is 0.534. The molecule has 0 aliphatic heterocycles. The minimum atomic E-state index is 0.534. The first-order valence-corrected chi connectivity index (χ1v) is 6.98. The van der Waals surface area contributed by atoms with Crippen molar-refractivity contribution in [2.24, 2.45) is 0 Å². The topological polar surface area (TPSA) is 50.7 Å². The van der Waals surface area contributed by atoms with E-state index in [1.165, 1.54) is 4.88 Å². The Balaban J connectivity index is 2.12. The minimum Gasteiger partial charge on any atom is -0.309 e. The highest BCUT2D eigenvalue weighted by molar-refractivity contribution is 7.15. The number of aryl methyl sites for hydroxylation is 1. The van der Waals surface area contributed by atoms with Gasteiger partial charge in [0.15, 0.2) is 0 Å². The number of hydrogen-bond acceptors (Lipinski definition) is 5. The van der Waals surface area contributed by atoms with Gasteiger partial charge in [0, 0.05) is 29.9 Å². The second kappa shape index (κ2) is 6.02. The van der Waals surface area contributed by atoms with Gasteiger partial charge in [-0.25, -0.2) is 4.98 Å². The Morgan fingerprint density at radius 2 is 2.22 bits per heavy atom. The van der Waals surface area contributed by atoms with E-state index in [-0.39, 0.29) is 0 Å². The molecular weight excluding hydrogens is 244 g/mol. The van der Waals surface area contributed by atoms with Crippen LogP contribution in [-0.2, 0) is 6.54 Å². The number of aromatic nitrogens is 3. The van der Waals surface area contributed by atoms with E-state index in [0.29, 0.717) is 6.04 Å². The maximum absolute atomic E-state index is 4.56. The highest BCUT2D eigenvalue weighted by atomic mass is 32.1. The number of hydrogen-bond donors (Lipinski definition) is 1. The highest BCUT2D eigenvalue weighted by Crippen LogP contribution is 2.25. The second-order valence-electron chi connectivity index (χ2n) is 4.31. The summed E-state index contributed by atoms with van der Waals surface area (Å²) in [7, 11) is 0. The number of thiazole rings is 1. The van der Waals surface area contributed by atoms with Crippen LogP contribution in [-0.4, -0.2) is 21.0 Å². The van der Waals surface area contributed by atoms with Gasteiger partial charge in [-0.1, -0.05) is 6.92 Å². The average molecular weight is 262 g/mol. The highest BCUT2D eigenvalue weighted by Gasteiger charge is 2.10. The molecule has 2 rings (SSSR count). The van der Waals surface area contributed by atoms with Gasteiger partial charge in [0.05, 0.1) is 11.9 Å². The zero-order valence-corrected chi connectivity index (χ0v) is 11.8. The zero-order valence-electron chi connectivity index (χ0n) is 11.0. The molecule has 0 aromatic carbocycles. The van der Waals surface area contributed by atoms with Crippen LogP contribution in [0.1, 0.15) is 30.8 Å². The van der Waals surface area contributed by atoms with E-state index >= 15 is 0 Å². The van der Waals surface area contributed by atoms with Gasteiger partial charge < -0.3 is 5.32 Å². The lowest BCUT2D eigenvalue weighted by Gasteiger charge is -2.09. The summed E-state index contributed by atoms with van der Waals surface area (Å²) in [5.74, 6) is 0. The summed E-state index contributed by atoms with van der Waals surface area (Å²) >= 11 is 1.69. The van der Waals surface area contributed by atoms with Gasteiger partial charge in [-0.05, 0) is 20.3 Å². The van der Waals surface area contributed by atoms with Crippen molar-refractivity contribution in [1.29, 1.82) is 0 Å². The molecule has 2 heterocycles. The molecule has 5 heteroatoms. The third kappa shape index (κ3) is 3.11. The van der Waals surface area contributed by atoms with Crippen molar-refractivity contribution < 1.29 is 0 Å². The third-order valence-electron chi connectivity index (χ3n) is 2.90. The van der Waals surface area contributed by atoms with Gasteiger partial charge >= 0.3 is 0 Å². The monoisotopic (exact) mass is 262 g/mol. The molecule has 18 heavy (non-hydrogen) atoms. The predicted molar refractivity (Wildman–Crippen MR) is 74.5 cm³/mol. The first-order valence-electron chi connectivity index (χ1n) is 6.16. The Bertz CT molecular complexity index is 495. The molecule has 0 saturated heterocycles. The van der Waals surface area contributed by atoms with Crippen LogP contribution < -0.4 is 5.32 Å². The Kier molecular flexibility index (Phi) is 4.38. The molecule has 0 aliphatic rings. The molecule has 1 atom stereocenters. The van der Waals surface area contributed by atoms with Gasteiger partial charge in [0.2, 0.25) is 0 Å². The fourth-order valence-electron chi connectivity index (χ4n) is 1.52. The van der Waals surface area contributed by atoms with Crippen LogP contribution in [0.15, 0.2) is 18.6 Å². The first-order chi connectivity index (χ1) is 8.70. The van der Waals surface area contributed by atoms with Crippen molar-refractivity contribution in [2.75, 3.05) is 0 Å². The lowest BCUT2D eigenvalue weighted by atomic mass is 10.2. The number of nitrogens with zero attached hydrogens (tertiary/aromatic N) is 3. The normalized spacial score (nSPS) is 12.6. The molecule has 0 radical (unpaired) electrons. The summed E-state index contributed by atoms with van der Waals surface area (Å²) in [6.45, 7) is 7.30. The Labute approximate surface area is 112 Å². The zero-order chi connectivity index (χ0) is 13.0. The summed E-state index contributed by atoms with van der Waals surface area (Å²) in [6.07, 6.45) is 6.26. The molecule has 0 fully saturated rings. The quantitative estimate of drug-likeness (QED) is 0.900. The molecule has 2 aromatic heterocycles. The van der Waals surface area contributed by atoms with E-state index in [1.54, 1.807) is 29.9 Å². The van der Waals surface area contributed by atoms with Crippen LogP contribution in [0.4, 0.5) is 0 Å². The lowest BCUT2D eigenvalue weighted by molar-refractivity contribution is 0.536. The molecule has 2 aromatic rings. The van der Waals surface area contributed by atoms with E-state index < -0.39 is 0 Å². The SMILES string of the molecule is CCC(C)NCc1sc(-c2cnccn2)nc1C. The van der Waals surface area contributed by atoms with Crippen molar-refractivity contribution in [2.45, 2.75) is 39.8 Å². The Morgan fingerprint density at radius 1 is 1.39 bits per heavy atom. The van der Waals surface area contributed by atoms with E-state index in [0.717, 1.165) is 29.4 Å². The largest absolute Gasteiger partial charge is 0.309 e. The van der Waals surface area contributed by atoms with Crippen molar-refractivity contribution in [3.8, 4) is 10.7 Å². The summed E-state index contributed by atoms with van der Waals surface area (Å²) in [4.78, 5) is 14.2. The summed E-state index contributed by atoms with van der Waals surface area (Å²) in [5.41, 5.74) is 1.93. The van der Waals surface area contributed by atoms with E-state index in [2.05, 4.69) is 34.1 Å². The molecule has 0 saturated carbocycles. The standard InChI is InChI=1S/C13H18N4S/c1-4-9(2)16-8-12-10(3)17-13(18-12)11-7-14-5-6-15-11/h5-7,9,16H,4,8H2,1-3H3. The van der Waals surface area contributed by atoms with Gasteiger partial charge in [-0.2, -0.15) is 0 Å². The van der Waals surface area contributed by atoms with Crippen LogP contribution in [0.2, 0.25) is 0 Å². The van der Waals surface area contributed by atoms with Gasteiger partial charge in [-0.15, -0.1) is 11.3 Å². The van der Waals surface area contributed by atoms with E-state index in [1.807, 2.05) is 6.92 Å². The molecular formula is C13H18N4S. The van der Waals surface area contributed by atoms with Gasteiger partial charge in [-0.3, -0.25) is 9.97 Å². The van der Waals surface area contributed by atoms with Crippen molar-refractivity contribution in [3.63, 3.8) is 0 Å². The summed E-state index contributed by atoms with van der Waals surface area (Å²) in [6, 6.07) is 0.534. The molecule has 0 aliphatic carbocycles. The molecule has 1 unspecified atom stereocenters. The van der Waals surface area contributed by atoms with Gasteiger partial charge in [0.25, 0.3) is 0 Å². The maximum Gasteiger partial charge on any atom is 0.144 e. The molecule has 0 bridgehead atoms. The summed E-state index contributed by atoms with van der Waals surface area (Å²) in [5, 5.41) is 4.43. The fourth-order valence-corrected chi connectivity index (χ4v) is 2.50. The van der Waals surface area contributed by atoms with Crippen LogP contribution >= 0.6 is 11.3 Å². The van der Waals surface area contributed by atoms with E-state index in [4.69, 9.17) is 0 Å². The average Bonchev–Trinajstić information content (AvgIpc) is 2.78. The molecule has 96 valence electrons. The molecule has 1 N–H and O–H groups in total. The van der Waals surface area contributed by atoms with Gasteiger partial charge in [0.1, 0.15) is 10.7 Å². The smallest absolute Gasteiger partial charge is 0.144 e. The van der Waals surface area contributed by atoms with Crippen LogP contribution in [0.25, 0.3) is 10.7 Å². The molecule has 4 nitrogen and oxygen atoms in total. The van der Waals surface area contributed by atoms with Crippen molar-refractivity contribution in [1.82, 2.24) is 20.3 Å². The number of nitrogens with one attached hydrogen (secondary N) is 1. The third-order valence-corrected chi connectivity index (χ3v) is 4.08. The van der Waals surface area contributed by atoms with Crippen LogP contribution in [0.5, 0.6) is 0 Å². The fraction of sp³-hybridized carbons (Fsp3) is 0.462. The van der Waals surface area contributed by atoms with Crippen molar-refractivity contribution >= 4 is 11.3 Å². The van der Waals surface area contributed by atoms with Crippen LogP contribution in [0.3, 0.4) is 0 Å². The molecule has 0 amide bonds. The Hall–Kier alpha value is -1.33. The van der Waals surface area contributed by atoms with Crippen molar-refractivity contribution in [3.05, 3.63) is 29.2 Å². The van der Waals surface area contributed by atoms with Crippen LogP contribution in [0, 0.1) is 6.92 Å². The first kappa shape index (κ1) is 13.1. The summed E-state index contributed by atoms with van der Waals surface area (Å²) < 4.78 is 0. The predicted octanol–water partition coefficient (Wildman–Crippen LogP) is 2.80. The maximum atomic E-state index is 4.56. The Morgan fingerprint density at radius 3 is 2.89 bits per heavy atom. The molecule has 0 spiro atoms.